The first-order valence-corrected chi connectivity index (χ1v) is 36.6. The second-order valence-corrected chi connectivity index (χ2v) is 29.0. The fourth-order valence-electron chi connectivity index (χ4n) is 14.0. The molecule has 3 aromatic heterocycles. The third kappa shape index (κ3) is 19.4. The number of rotatable bonds is 18. The van der Waals surface area contributed by atoms with Gasteiger partial charge in [0.25, 0.3) is 17.7 Å². The van der Waals surface area contributed by atoms with Crippen molar-refractivity contribution in [2.75, 3.05) is 135 Å². The van der Waals surface area contributed by atoms with E-state index in [0.717, 1.165) is 23.2 Å². The molecule has 0 aliphatic carbocycles. The molecule has 13 rings (SSSR count). The van der Waals surface area contributed by atoms with Crippen LogP contribution in [0.4, 0.5) is 38.5 Å². The Bertz CT molecular complexity index is 5310. The molecule has 0 saturated carbocycles. The van der Waals surface area contributed by atoms with Crippen molar-refractivity contribution in [2.45, 2.75) is 69.1 Å². The van der Waals surface area contributed by atoms with E-state index >= 15 is 0 Å². The summed E-state index contributed by atoms with van der Waals surface area (Å²) in [6.45, 7) is 12.3. The number of amides is 3. The zero-order chi connectivity index (χ0) is 78.2. The third-order valence-electron chi connectivity index (χ3n) is 19.6. The molecule has 592 valence electrons. The van der Waals surface area contributed by atoms with Gasteiger partial charge in [0.1, 0.15) is 22.9 Å². The number of aromatic nitrogens is 3. The van der Waals surface area contributed by atoms with Crippen molar-refractivity contribution < 1.29 is 33.5 Å². The first-order chi connectivity index (χ1) is 52.1. The number of fused-ring (bicyclic) bond motifs is 3. The number of carbonyl (C=O) groups excluding carboxylic acids is 3. The van der Waals surface area contributed by atoms with E-state index in [1.165, 1.54) is 25.8 Å². The topological polar surface area (TPSA) is 273 Å². The van der Waals surface area contributed by atoms with Gasteiger partial charge < -0.3 is 48.3 Å². The van der Waals surface area contributed by atoms with Crippen molar-refractivity contribution in [1.82, 2.24) is 38.2 Å². The molecule has 0 bridgehead atoms. The van der Waals surface area contributed by atoms with Crippen LogP contribution in [0.5, 0.6) is 0 Å². The Hall–Kier alpha value is -11.1. The van der Waals surface area contributed by atoms with Crippen LogP contribution in [-0.4, -0.2) is 191 Å². The van der Waals surface area contributed by atoms with Crippen LogP contribution in [0.2, 0.25) is 15.1 Å². The summed E-state index contributed by atoms with van der Waals surface area (Å²) in [7, 11) is 7.69. The Kier molecular flexibility index (Phi) is 29.1. The molecule has 0 spiro atoms. The third-order valence-corrected chi connectivity index (χ3v) is 20.3. The molecule has 3 aliphatic heterocycles. The maximum Gasteiger partial charge on any atom is 0.357 e. The molecule has 3 saturated heterocycles. The highest BCUT2D eigenvalue weighted by Crippen LogP contribution is 2.39. The molecule has 3 amide bonds. The number of hydrogen-bond donors (Lipinski definition) is 0. The molecule has 6 heterocycles. The van der Waals surface area contributed by atoms with Crippen molar-refractivity contribution >= 4 is 119 Å². The SMILES string of the molecule is C.C.C.Cc1ccc2c(c1)c(N1CCN(C(=O)c3ccc(Cl)cc3)CC1)c([N+](=O)[O-])c(=O)n2CCCN(C)C.Cc1ccc2c(c1)c(N1CCN(C(=O)c3ccc(Cl)cc3)CC1)c([N+](=O)[O-])c(=O)n2CCN(C)C.Cc1ccc2c(c1)c(N1CCN(C(=O)c3ccc(Cl)cc3)CC1)c([N+](=O)[O-])c(=O)n2Cc1ccc(F)cc1. The van der Waals surface area contributed by atoms with Gasteiger partial charge in [0.15, 0.2) is 0 Å². The highest BCUT2D eigenvalue weighted by atomic mass is 35.5. The Morgan fingerprint density at radius 2 is 0.688 bits per heavy atom. The smallest absolute Gasteiger partial charge is 0.357 e. The molecule has 0 N–H and O–H groups in total. The number of anilines is 3. The summed E-state index contributed by atoms with van der Waals surface area (Å²) in [5.74, 6) is -0.781. The molecule has 3 aliphatic rings. The summed E-state index contributed by atoms with van der Waals surface area (Å²) in [5, 5.41) is 40.3. The summed E-state index contributed by atoms with van der Waals surface area (Å²) >= 11 is 17.8. The zero-order valence-corrected chi connectivity index (χ0v) is 63.6. The second-order valence-electron chi connectivity index (χ2n) is 27.7. The fraction of sp³-hybridized carbons (Fsp3) is 0.341. The number of pyridine rings is 3. The minimum Gasteiger partial charge on any atom is -0.362 e. The number of nitrogens with zero attached hydrogens (tertiary/aromatic N) is 14. The van der Waals surface area contributed by atoms with Gasteiger partial charge in [-0.1, -0.05) is 104 Å². The zero-order valence-electron chi connectivity index (χ0n) is 61.3. The average molecular weight is 1590 g/mol. The minimum absolute atomic E-state index is 0. The predicted molar refractivity (Wildman–Crippen MR) is 445 cm³/mol. The van der Waals surface area contributed by atoms with E-state index in [9.17, 15) is 63.5 Å². The molecule has 112 heavy (non-hydrogen) atoms. The summed E-state index contributed by atoms with van der Waals surface area (Å²) in [6.07, 6.45) is 0.692. The largest absolute Gasteiger partial charge is 0.362 e. The Balaban J connectivity index is 0.000000208. The van der Waals surface area contributed by atoms with Crippen LogP contribution >= 0.6 is 34.8 Å². The lowest BCUT2D eigenvalue weighted by Crippen LogP contribution is -2.49. The normalized spacial score (nSPS) is 13.5. The lowest BCUT2D eigenvalue weighted by molar-refractivity contribution is -0.385. The van der Waals surface area contributed by atoms with Gasteiger partial charge in [-0.15, -0.1) is 0 Å². The van der Waals surface area contributed by atoms with E-state index in [2.05, 4.69) is 0 Å². The van der Waals surface area contributed by atoms with Gasteiger partial charge in [-0.3, -0.25) is 63.7 Å². The van der Waals surface area contributed by atoms with Crippen molar-refractivity contribution in [1.29, 1.82) is 0 Å². The lowest BCUT2D eigenvalue weighted by atomic mass is 10.1. The molecule has 30 heteroatoms. The van der Waals surface area contributed by atoms with Crippen molar-refractivity contribution in [2.24, 2.45) is 0 Å². The van der Waals surface area contributed by atoms with Crippen LogP contribution in [-0.2, 0) is 19.6 Å². The number of benzene rings is 7. The van der Waals surface area contributed by atoms with E-state index in [0.29, 0.717) is 186 Å². The van der Waals surface area contributed by atoms with Gasteiger partial charge in [-0.2, -0.15) is 0 Å². The summed E-state index contributed by atoms with van der Waals surface area (Å²) in [5.41, 5.74) is 4.58. The van der Waals surface area contributed by atoms with Crippen molar-refractivity contribution in [3.63, 3.8) is 0 Å². The fourth-order valence-corrected chi connectivity index (χ4v) is 14.4. The van der Waals surface area contributed by atoms with Crippen LogP contribution in [0.25, 0.3) is 32.7 Å². The first kappa shape index (κ1) is 86.5. The van der Waals surface area contributed by atoms with E-state index in [-0.39, 0.29) is 52.2 Å². The summed E-state index contributed by atoms with van der Waals surface area (Å²) < 4.78 is 17.8. The van der Waals surface area contributed by atoms with E-state index in [1.54, 1.807) is 106 Å². The standard InChI is InChI=1S/C28H24ClFN4O4.C26H30ClN5O4.C25H28ClN5O4.3CH4/c1-18-2-11-24-23(16-18)25(26(34(37)38)28(36)33(24)17-19-3-9-22(30)10-4-19)31-12-14-32(15-13-31)27(35)20-5-7-21(29)8-6-20;1-18-5-10-22-21(17-18)23(24(32(35)36)26(34)31(22)12-4-11-28(2)3)29-13-15-30(16-14-29)25(33)19-6-8-20(27)9-7-19;1-17-4-9-21-20(16-17)22(23(31(34)35)25(33)30(21)15-10-27(2)3)28-11-13-29(14-12-28)24(32)18-5-7-19(26)8-6-18;;;/h2-11,16H,12-15,17H2,1H3;5-10,17H,4,11-16H2,1-3H3;4-9,16H,10-15H2,1-3H3;3*1H4. The van der Waals surface area contributed by atoms with Crippen LogP contribution in [0.3, 0.4) is 0 Å². The van der Waals surface area contributed by atoms with E-state index < -0.39 is 54.3 Å². The predicted octanol–water partition coefficient (Wildman–Crippen LogP) is 14.1. The van der Waals surface area contributed by atoms with Gasteiger partial charge in [0.2, 0.25) is 0 Å². The van der Waals surface area contributed by atoms with Gasteiger partial charge in [0, 0.05) is 146 Å². The molecule has 3 fully saturated rings. The highest BCUT2D eigenvalue weighted by Gasteiger charge is 2.37. The highest BCUT2D eigenvalue weighted by molar-refractivity contribution is 6.31. The Labute approximate surface area is 664 Å². The second kappa shape index (κ2) is 37.7. The molecule has 7 aromatic carbocycles. The number of halogens is 4. The molecule has 0 unspecified atom stereocenters. The van der Waals surface area contributed by atoms with Crippen molar-refractivity contribution in [3.05, 3.63) is 273 Å². The maximum atomic E-state index is 13.6. The summed E-state index contributed by atoms with van der Waals surface area (Å²) in [6, 6.07) is 42.6. The van der Waals surface area contributed by atoms with Crippen molar-refractivity contribution in [3.8, 4) is 0 Å². The molecule has 0 atom stereocenters. The average Bonchev–Trinajstić information content (AvgIpc) is 0.754. The number of carbonyl (C=O) groups is 3. The number of piperazine rings is 3. The summed E-state index contributed by atoms with van der Waals surface area (Å²) in [4.78, 5) is 129. The van der Waals surface area contributed by atoms with Gasteiger partial charge in [-0.05, 0) is 189 Å². The maximum absolute atomic E-state index is 13.6. The quantitative estimate of drug-likeness (QED) is 0.0570. The number of nitro groups is 3. The van der Waals surface area contributed by atoms with Crippen LogP contribution < -0.4 is 31.4 Å². The molecular formula is C82H94Cl3FN14O12. The first-order valence-electron chi connectivity index (χ1n) is 35.4. The Morgan fingerprint density at radius 3 is 0.982 bits per heavy atom. The Morgan fingerprint density at radius 1 is 0.402 bits per heavy atom. The number of hydrogen-bond acceptors (Lipinski definition) is 17. The van der Waals surface area contributed by atoms with E-state index in [1.807, 2.05) is 122 Å². The van der Waals surface area contributed by atoms with Crippen LogP contribution in [0, 0.1) is 56.9 Å². The van der Waals surface area contributed by atoms with E-state index in [4.69, 9.17) is 34.8 Å². The molecule has 0 radical (unpaired) electrons. The van der Waals surface area contributed by atoms with Gasteiger partial charge >= 0.3 is 33.7 Å². The lowest BCUT2D eigenvalue weighted by Gasteiger charge is -2.36. The van der Waals surface area contributed by atoms with Gasteiger partial charge in [0.05, 0.1) is 37.9 Å². The monoisotopic (exact) mass is 1590 g/mol. The number of likely N-dealkylation sites (N-methyl/N-ethyl adjacent to an activating group) is 1. The van der Waals surface area contributed by atoms with Gasteiger partial charge in [-0.25, -0.2) is 4.39 Å². The minimum atomic E-state index is -0.731. The molecule has 26 nitrogen and oxygen atoms in total. The number of aryl methyl sites for hydroxylation is 4. The van der Waals surface area contributed by atoms with Crippen LogP contribution in [0.15, 0.2) is 166 Å². The molecular weight excluding hydrogens is 1500 g/mol. The molecule has 10 aromatic rings. The van der Waals surface area contributed by atoms with Crippen LogP contribution in [0.1, 0.15) is 82.0 Å².